The van der Waals surface area contributed by atoms with E-state index in [-0.39, 0.29) is 11.3 Å². The number of rotatable bonds is 6. The zero-order chi connectivity index (χ0) is 14.6. The highest BCUT2D eigenvalue weighted by Crippen LogP contribution is 2.28. The zero-order valence-electron chi connectivity index (χ0n) is 12.3. The predicted molar refractivity (Wildman–Crippen MR) is 74.3 cm³/mol. The van der Waals surface area contributed by atoms with Crippen LogP contribution in [0.3, 0.4) is 0 Å². The van der Waals surface area contributed by atoms with E-state index in [0.29, 0.717) is 18.6 Å². The van der Waals surface area contributed by atoms with Gasteiger partial charge in [0.1, 0.15) is 11.6 Å². The van der Waals surface area contributed by atoms with E-state index in [2.05, 4.69) is 0 Å². The minimum absolute atomic E-state index is 0.123. The molecule has 3 nitrogen and oxygen atoms in total. The van der Waals surface area contributed by atoms with Gasteiger partial charge >= 0.3 is 0 Å². The molecule has 0 aromatic heterocycles. The molecule has 0 aliphatic heterocycles. The van der Waals surface area contributed by atoms with Crippen molar-refractivity contribution in [3.05, 3.63) is 29.6 Å². The number of hydrogen-bond donors (Lipinski definition) is 0. The summed E-state index contributed by atoms with van der Waals surface area (Å²) in [4.78, 5) is 14.5. The summed E-state index contributed by atoms with van der Waals surface area (Å²) in [6.45, 7) is 3.89. The van der Waals surface area contributed by atoms with Gasteiger partial charge in [-0.1, -0.05) is 13.8 Å². The summed E-state index contributed by atoms with van der Waals surface area (Å²) in [5, 5.41) is 0. The normalized spacial score (nSPS) is 11.7. The van der Waals surface area contributed by atoms with Gasteiger partial charge in [-0.05, 0) is 39.1 Å². The second kappa shape index (κ2) is 6.15. The lowest BCUT2D eigenvalue weighted by atomic mass is 9.83. The van der Waals surface area contributed by atoms with E-state index >= 15 is 0 Å². The molecule has 0 fully saturated rings. The van der Waals surface area contributed by atoms with E-state index in [1.807, 2.05) is 32.8 Å². The van der Waals surface area contributed by atoms with Gasteiger partial charge in [0.2, 0.25) is 0 Å². The monoisotopic (exact) mass is 267 g/mol. The van der Waals surface area contributed by atoms with Gasteiger partial charge < -0.3 is 4.74 Å². The standard InChI is InChI=1S/C15H22FNO2/c1-6-15(7-2,17(3)4)14(18)12-9-8-11(19-5)10-13(12)16/h8-10H,6-7H2,1-5H3. The quantitative estimate of drug-likeness (QED) is 0.742. The van der Waals surface area contributed by atoms with E-state index in [1.165, 1.54) is 19.2 Å². The highest BCUT2D eigenvalue weighted by atomic mass is 19.1. The number of methoxy groups -OCH3 is 1. The number of likely N-dealkylation sites (N-methyl/N-ethyl adjacent to an activating group) is 1. The van der Waals surface area contributed by atoms with Crippen LogP contribution >= 0.6 is 0 Å². The van der Waals surface area contributed by atoms with E-state index in [0.717, 1.165) is 0 Å². The van der Waals surface area contributed by atoms with Crippen molar-refractivity contribution in [2.24, 2.45) is 0 Å². The average molecular weight is 267 g/mol. The van der Waals surface area contributed by atoms with Crippen LogP contribution in [0.2, 0.25) is 0 Å². The van der Waals surface area contributed by atoms with Crippen LogP contribution in [0.5, 0.6) is 5.75 Å². The number of halogens is 1. The van der Waals surface area contributed by atoms with E-state index in [1.54, 1.807) is 6.07 Å². The molecule has 0 N–H and O–H groups in total. The van der Waals surface area contributed by atoms with Gasteiger partial charge in [0, 0.05) is 6.07 Å². The number of nitrogens with zero attached hydrogens (tertiary/aromatic N) is 1. The minimum Gasteiger partial charge on any atom is -0.497 e. The van der Waals surface area contributed by atoms with Crippen molar-refractivity contribution < 1.29 is 13.9 Å². The summed E-state index contributed by atoms with van der Waals surface area (Å²) >= 11 is 0. The molecule has 1 rings (SSSR count). The fraction of sp³-hybridized carbons (Fsp3) is 0.533. The first kappa shape index (κ1) is 15.6. The predicted octanol–water partition coefficient (Wildman–Crippen LogP) is 3.14. The number of carbonyl (C=O) groups excluding carboxylic acids is 1. The summed E-state index contributed by atoms with van der Waals surface area (Å²) in [6, 6.07) is 4.36. The minimum atomic E-state index is -0.657. The molecule has 0 saturated carbocycles. The summed E-state index contributed by atoms with van der Waals surface area (Å²) in [7, 11) is 5.18. The molecule has 19 heavy (non-hydrogen) atoms. The molecular weight excluding hydrogens is 245 g/mol. The molecule has 1 aromatic carbocycles. The summed E-state index contributed by atoms with van der Waals surface area (Å²) in [5.41, 5.74) is -0.534. The summed E-state index contributed by atoms with van der Waals surface area (Å²) < 4.78 is 19.0. The first-order chi connectivity index (χ1) is 8.92. The van der Waals surface area contributed by atoms with E-state index < -0.39 is 11.4 Å². The number of benzene rings is 1. The van der Waals surface area contributed by atoms with E-state index in [4.69, 9.17) is 4.74 Å². The van der Waals surface area contributed by atoms with Crippen molar-refractivity contribution in [1.82, 2.24) is 4.90 Å². The maximum atomic E-state index is 14.0. The van der Waals surface area contributed by atoms with Gasteiger partial charge in [0.25, 0.3) is 0 Å². The Balaban J connectivity index is 3.25. The van der Waals surface area contributed by atoms with Gasteiger partial charge in [-0.15, -0.1) is 0 Å². The number of ether oxygens (including phenoxy) is 1. The number of carbonyl (C=O) groups is 1. The van der Waals surface area contributed by atoms with Gasteiger partial charge in [-0.3, -0.25) is 9.69 Å². The SMILES string of the molecule is CCC(CC)(C(=O)c1ccc(OC)cc1F)N(C)C. The molecule has 4 heteroatoms. The van der Waals surface area contributed by atoms with Crippen LogP contribution < -0.4 is 4.74 Å². The van der Waals surface area contributed by atoms with Crippen molar-refractivity contribution in [2.75, 3.05) is 21.2 Å². The molecule has 0 bridgehead atoms. The van der Waals surface area contributed by atoms with Crippen molar-refractivity contribution in [3.8, 4) is 5.75 Å². The van der Waals surface area contributed by atoms with Gasteiger partial charge in [0.05, 0.1) is 18.2 Å². The average Bonchev–Trinajstić information content (AvgIpc) is 2.39. The Morgan fingerprint density at radius 1 is 1.32 bits per heavy atom. The van der Waals surface area contributed by atoms with Crippen molar-refractivity contribution >= 4 is 5.78 Å². The molecule has 1 aromatic rings. The molecule has 0 aliphatic rings. The number of ketones is 1. The molecule has 0 unspecified atom stereocenters. The molecule has 0 heterocycles. The van der Waals surface area contributed by atoms with Crippen molar-refractivity contribution in [1.29, 1.82) is 0 Å². The van der Waals surface area contributed by atoms with Gasteiger partial charge in [-0.2, -0.15) is 0 Å². The number of hydrogen-bond acceptors (Lipinski definition) is 3. The van der Waals surface area contributed by atoms with Crippen LogP contribution in [-0.4, -0.2) is 37.4 Å². The Labute approximate surface area is 114 Å². The fourth-order valence-electron chi connectivity index (χ4n) is 2.46. The van der Waals surface area contributed by atoms with Gasteiger partial charge in [-0.25, -0.2) is 4.39 Å². The number of Topliss-reactive ketones (excluding diaryl/α,β-unsaturated/α-hetero) is 1. The highest BCUT2D eigenvalue weighted by Gasteiger charge is 2.38. The second-order valence-corrected chi connectivity index (χ2v) is 4.81. The third-order valence-electron chi connectivity index (χ3n) is 3.87. The van der Waals surface area contributed by atoms with Crippen LogP contribution in [0.25, 0.3) is 0 Å². The first-order valence-electron chi connectivity index (χ1n) is 6.48. The summed E-state index contributed by atoms with van der Waals surface area (Å²) in [6.07, 6.45) is 1.28. The lowest BCUT2D eigenvalue weighted by molar-refractivity contribution is 0.0651. The van der Waals surface area contributed by atoms with Crippen molar-refractivity contribution in [3.63, 3.8) is 0 Å². The van der Waals surface area contributed by atoms with E-state index in [9.17, 15) is 9.18 Å². The largest absolute Gasteiger partial charge is 0.497 e. The Bertz CT molecular complexity index is 453. The molecule has 0 radical (unpaired) electrons. The highest BCUT2D eigenvalue weighted by molar-refractivity contribution is 6.03. The first-order valence-corrected chi connectivity index (χ1v) is 6.48. The third kappa shape index (κ3) is 2.78. The maximum Gasteiger partial charge on any atom is 0.185 e. The lowest BCUT2D eigenvalue weighted by Crippen LogP contribution is -2.50. The molecule has 0 amide bonds. The molecular formula is C15H22FNO2. The van der Waals surface area contributed by atoms with Crippen LogP contribution in [0.15, 0.2) is 18.2 Å². The molecule has 0 aliphatic carbocycles. The molecule has 0 atom stereocenters. The van der Waals surface area contributed by atoms with Crippen LogP contribution in [0.4, 0.5) is 4.39 Å². The fourth-order valence-corrected chi connectivity index (χ4v) is 2.46. The Hall–Kier alpha value is -1.42. The van der Waals surface area contributed by atoms with Gasteiger partial charge in [0.15, 0.2) is 5.78 Å². The molecule has 0 saturated heterocycles. The Morgan fingerprint density at radius 3 is 2.26 bits per heavy atom. The van der Waals surface area contributed by atoms with Crippen LogP contribution in [0.1, 0.15) is 37.0 Å². The lowest BCUT2D eigenvalue weighted by Gasteiger charge is -2.37. The zero-order valence-corrected chi connectivity index (χ0v) is 12.3. The maximum absolute atomic E-state index is 14.0. The molecule has 0 spiro atoms. The smallest absolute Gasteiger partial charge is 0.185 e. The topological polar surface area (TPSA) is 29.5 Å². The third-order valence-corrected chi connectivity index (χ3v) is 3.87. The Morgan fingerprint density at radius 2 is 1.89 bits per heavy atom. The summed E-state index contributed by atoms with van der Waals surface area (Å²) in [5.74, 6) is -0.294. The van der Waals surface area contributed by atoms with Crippen molar-refractivity contribution in [2.45, 2.75) is 32.2 Å². The Kier molecular flexibility index (Phi) is 5.06. The van der Waals surface area contributed by atoms with Crippen LogP contribution in [-0.2, 0) is 0 Å². The second-order valence-electron chi connectivity index (χ2n) is 4.81. The molecule has 106 valence electrons. The van der Waals surface area contributed by atoms with Crippen LogP contribution in [0, 0.1) is 5.82 Å².